The van der Waals surface area contributed by atoms with Crippen molar-refractivity contribution in [3.63, 3.8) is 0 Å². The first-order chi connectivity index (χ1) is 6.29. The summed E-state index contributed by atoms with van der Waals surface area (Å²) in [5.41, 5.74) is 2.77. The lowest BCUT2D eigenvalue weighted by molar-refractivity contribution is 0.131. The second-order valence-electron chi connectivity index (χ2n) is 3.03. The quantitative estimate of drug-likeness (QED) is 0.562. The number of hydrogen-bond donors (Lipinski definition) is 0. The molecule has 0 N–H and O–H groups in total. The highest BCUT2D eigenvalue weighted by molar-refractivity contribution is 5.34. The van der Waals surface area contributed by atoms with Gasteiger partial charge in [-0.25, -0.2) is 5.01 Å². The molecular weight excluding hydrogens is 160 g/mol. The van der Waals surface area contributed by atoms with Gasteiger partial charge in [0, 0.05) is 19.8 Å². The molecule has 2 aliphatic rings. The topological polar surface area (TPSA) is 6.48 Å². The molecule has 0 unspecified atom stereocenters. The van der Waals surface area contributed by atoms with Crippen molar-refractivity contribution in [1.29, 1.82) is 0 Å². The third-order valence-corrected chi connectivity index (χ3v) is 2.11. The van der Waals surface area contributed by atoms with E-state index in [9.17, 15) is 0 Å². The minimum Gasteiger partial charge on any atom is -0.282 e. The van der Waals surface area contributed by atoms with E-state index < -0.39 is 0 Å². The van der Waals surface area contributed by atoms with Gasteiger partial charge in [-0.15, -0.1) is 0 Å². The molecule has 0 aliphatic carbocycles. The van der Waals surface area contributed by atoms with Gasteiger partial charge in [0.05, 0.1) is 5.70 Å². The van der Waals surface area contributed by atoms with Gasteiger partial charge in [-0.2, -0.15) is 0 Å². The van der Waals surface area contributed by atoms with E-state index in [1.54, 1.807) is 0 Å². The van der Waals surface area contributed by atoms with Crippen LogP contribution >= 0.6 is 0 Å². The van der Waals surface area contributed by atoms with Gasteiger partial charge in [0.2, 0.25) is 0 Å². The molecule has 72 valence electrons. The summed E-state index contributed by atoms with van der Waals surface area (Å²) in [5, 5.41) is 4.38. The molecule has 0 radical (unpaired) electrons. The molecule has 0 atom stereocenters. The Morgan fingerprint density at radius 3 is 2.54 bits per heavy atom. The van der Waals surface area contributed by atoms with Gasteiger partial charge in [-0.3, -0.25) is 5.01 Å². The van der Waals surface area contributed by atoms with E-state index in [1.165, 1.54) is 11.3 Å². The highest BCUT2D eigenvalue weighted by Gasteiger charge is 2.21. The summed E-state index contributed by atoms with van der Waals surface area (Å²) < 4.78 is 0. The van der Waals surface area contributed by atoms with Crippen LogP contribution in [0.15, 0.2) is 35.7 Å². The molecular formula is C11H18N2. The lowest BCUT2D eigenvalue weighted by Gasteiger charge is -2.25. The maximum atomic E-state index is 2.20. The summed E-state index contributed by atoms with van der Waals surface area (Å²) in [6.07, 6.45) is 8.37. The number of hydrogen-bond acceptors (Lipinski definition) is 2. The van der Waals surface area contributed by atoms with Crippen LogP contribution in [0.25, 0.3) is 0 Å². The van der Waals surface area contributed by atoms with Crippen LogP contribution in [0.2, 0.25) is 0 Å². The fourth-order valence-electron chi connectivity index (χ4n) is 1.57. The standard InChI is InChI=1S/C9H12N2.C2H6/c1-8-7-10(2)11-6-4-3-5-9(8)11;1-2/h3-6H,7H2,1-2H3;1-2H3. The van der Waals surface area contributed by atoms with E-state index in [4.69, 9.17) is 0 Å². The van der Waals surface area contributed by atoms with Crippen LogP contribution in [0.1, 0.15) is 20.8 Å². The summed E-state index contributed by atoms with van der Waals surface area (Å²) in [6.45, 7) is 7.22. The Morgan fingerprint density at radius 1 is 1.23 bits per heavy atom. The summed E-state index contributed by atoms with van der Waals surface area (Å²) in [6, 6.07) is 0. The van der Waals surface area contributed by atoms with Crippen molar-refractivity contribution >= 4 is 0 Å². The van der Waals surface area contributed by atoms with Crippen LogP contribution in [0, 0.1) is 0 Å². The summed E-state index contributed by atoms with van der Waals surface area (Å²) in [4.78, 5) is 0. The summed E-state index contributed by atoms with van der Waals surface area (Å²) >= 11 is 0. The van der Waals surface area contributed by atoms with Crippen LogP contribution in [-0.4, -0.2) is 23.6 Å². The van der Waals surface area contributed by atoms with Gasteiger partial charge >= 0.3 is 0 Å². The molecule has 2 aliphatic heterocycles. The molecule has 0 fully saturated rings. The monoisotopic (exact) mass is 178 g/mol. The van der Waals surface area contributed by atoms with Crippen molar-refractivity contribution in [2.75, 3.05) is 13.6 Å². The first-order valence-electron chi connectivity index (χ1n) is 4.84. The van der Waals surface area contributed by atoms with E-state index in [2.05, 4.69) is 48.4 Å². The van der Waals surface area contributed by atoms with E-state index in [-0.39, 0.29) is 0 Å². The fourth-order valence-corrected chi connectivity index (χ4v) is 1.57. The third-order valence-electron chi connectivity index (χ3n) is 2.11. The molecule has 0 aromatic heterocycles. The smallest absolute Gasteiger partial charge is 0.0576 e. The Balaban J connectivity index is 0.000000396. The van der Waals surface area contributed by atoms with E-state index in [0.717, 1.165) is 6.54 Å². The zero-order valence-corrected chi connectivity index (χ0v) is 8.91. The summed E-state index contributed by atoms with van der Waals surface area (Å²) in [5.74, 6) is 0. The fraction of sp³-hybridized carbons (Fsp3) is 0.455. The average molecular weight is 178 g/mol. The highest BCUT2D eigenvalue weighted by Crippen LogP contribution is 2.24. The zero-order chi connectivity index (χ0) is 9.84. The molecule has 2 heterocycles. The van der Waals surface area contributed by atoms with Crippen molar-refractivity contribution in [3.05, 3.63) is 35.7 Å². The van der Waals surface area contributed by atoms with Crippen LogP contribution in [0.4, 0.5) is 0 Å². The Morgan fingerprint density at radius 2 is 1.92 bits per heavy atom. The molecule has 0 amide bonds. The Labute approximate surface area is 80.8 Å². The van der Waals surface area contributed by atoms with Crippen LogP contribution in [-0.2, 0) is 0 Å². The van der Waals surface area contributed by atoms with Crippen LogP contribution in [0.3, 0.4) is 0 Å². The molecule has 2 heteroatoms. The number of hydrazine groups is 1. The Kier molecular flexibility index (Phi) is 3.32. The second kappa shape index (κ2) is 4.28. The van der Waals surface area contributed by atoms with Gasteiger partial charge in [0.25, 0.3) is 0 Å². The highest BCUT2D eigenvalue weighted by atomic mass is 15.6. The van der Waals surface area contributed by atoms with Crippen LogP contribution < -0.4 is 0 Å². The van der Waals surface area contributed by atoms with Crippen molar-refractivity contribution in [2.45, 2.75) is 20.8 Å². The average Bonchev–Trinajstić information content (AvgIpc) is 2.47. The molecule has 0 saturated carbocycles. The van der Waals surface area contributed by atoms with Crippen molar-refractivity contribution < 1.29 is 0 Å². The third kappa shape index (κ3) is 1.83. The predicted molar refractivity (Wildman–Crippen MR) is 56.8 cm³/mol. The van der Waals surface area contributed by atoms with E-state index in [1.807, 2.05) is 13.8 Å². The molecule has 0 aromatic carbocycles. The number of likely N-dealkylation sites (N-methyl/N-ethyl adjacent to an activating group) is 1. The minimum absolute atomic E-state index is 1.05. The van der Waals surface area contributed by atoms with Gasteiger partial charge in [0.1, 0.15) is 0 Å². The molecule has 0 aromatic rings. The van der Waals surface area contributed by atoms with Gasteiger partial charge in [-0.05, 0) is 24.6 Å². The lowest BCUT2D eigenvalue weighted by Crippen LogP contribution is -2.29. The Hall–Kier alpha value is -1.02. The first-order valence-corrected chi connectivity index (χ1v) is 4.84. The SMILES string of the molecule is CC.CC1=C2C=CC=CN2N(C)C1. The van der Waals surface area contributed by atoms with Crippen molar-refractivity contribution in [2.24, 2.45) is 0 Å². The molecule has 0 spiro atoms. The summed E-state index contributed by atoms with van der Waals surface area (Å²) in [7, 11) is 2.10. The van der Waals surface area contributed by atoms with Gasteiger partial charge in [-0.1, -0.05) is 19.9 Å². The maximum Gasteiger partial charge on any atom is 0.0576 e. The maximum absolute atomic E-state index is 2.20. The number of fused-ring (bicyclic) bond motifs is 1. The molecule has 0 bridgehead atoms. The molecule has 2 rings (SSSR count). The number of nitrogens with zero attached hydrogens (tertiary/aromatic N) is 2. The number of allylic oxidation sites excluding steroid dienone is 3. The second-order valence-corrected chi connectivity index (χ2v) is 3.03. The minimum atomic E-state index is 1.05. The van der Waals surface area contributed by atoms with E-state index >= 15 is 0 Å². The van der Waals surface area contributed by atoms with Gasteiger partial charge < -0.3 is 0 Å². The molecule has 0 saturated heterocycles. The van der Waals surface area contributed by atoms with Crippen molar-refractivity contribution in [3.8, 4) is 0 Å². The zero-order valence-electron chi connectivity index (χ0n) is 8.91. The van der Waals surface area contributed by atoms with Crippen molar-refractivity contribution in [1.82, 2.24) is 10.0 Å². The lowest BCUT2D eigenvalue weighted by atomic mass is 10.2. The first kappa shape index (κ1) is 10.1. The van der Waals surface area contributed by atoms with Gasteiger partial charge in [0.15, 0.2) is 0 Å². The van der Waals surface area contributed by atoms with Crippen LogP contribution in [0.5, 0.6) is 0 Å². The number of rotatable bonds is 0. The predicted octanol–water partition coefficient (Wildman–Crippen LogP) is 2.53. The normalized spacial score (nSPS) is 20.2. The van der Waals surface area contributed by atoms with E-state index in [0.29, 0.717) is 0 Å². The Bertz CT molecular complexity index is 261. The molecule has 2 nitrogen and oxygen atoms in total. The molecule has 13 heavy (non-hydrogen) atoms. The largest absolute Gasteiger partial charge is 0.282 e.